The van der Waals surface area contributed by atoms with Gasteiger partial charge in [0, 0.05) is 57.1 Å². The average Bonchev–Trinajstić information content (AvgIpc) is 3.63. The van der Waals surface area contributed by atoms with E-state index in [-0.39, 0.29) is 12.8 Å². The summed E-state index contributed by atoms with van der Waals surface area (Å²) >= 11 is 7.11. The standard InChI is InChI=1S/C34H35ClN4O4/c1-7-20-19(6)33-32(35)34-21(8-2)16(3)26(38-34)13-24-17(4)22(9-11-30(40)41)28(36-24)15-29-23(10-12-31(42)43)18(5)25(37-29)14-27(20)39-33/h7-8,13-15,36-39H,1-2,9-12H2,3-6H3,(H,40,41)(H,42,43). The molecule has 8 bridgehead atoms. The number of aromatic nitrogens is 4. The maximum absolute atomic E-state index is 11.6. The van der Waals surface area contributed by atoms with Crippen molar-refractivity contribution in [2.75, 3.05) is 0 Å². The monoisotopic (exact) mass is 598 g/mol. The summed E-state index contributed by atoms with van der Waals surface area (Å²) < 4.78 is 0. The highest BCUT2D eigenvalue weighted by molar-refractivity contribution is 6.48. The van der Waals surface area contributed by atoms with Gasteiger partial charge in [0.05, 0.1) is 16.1 Å². The molecule has 0 aromatic carbocycles. The molecular weight excluding hydrogens is 564 g/mol. The first kappa shape index (κ1) is 29.8. The van der Waals surface area contributed by atoms with E-state index in [1.165, 1.54) is 0 Å². The summed E-state index contributed by atoms with van der Waals surface area (Å²) in [4.78, 5) is 37.1. The molecule has 1 aliphatic heterocycles. The molecule has 4 aromatic heterocycles. The van der Waals surface area contributed by atoms with Crippen LogP contribution < -0.4 is 21.4 Å². The number of aliphatic carboxylic acids is 2. The van der Waals surface area contributed by atoms with Gasteiger partial charge >= 0.3 is 11.9 Å². The Bertz CT molecular complexity index is 2080. The molecule has 0 radical (unpaired) electrons. The lowest BCUT2D eigenvalue weighted by molar-refractivity contribution is -0.138. The minimum atomic E-state index is -0.881. The molecule has 9 heteroatoms. The van der Waals surface area contributed by atoms with Crippen LogP contribution >= 0.6 is 11.6 Å². The van der Waals surface area contributed by atoms with E-state index < -0.39 is 11.9 Å². The predicted octanol–water partition coefficient (Wildman–Crippen LogP) is 3.75. The zero-order valence-corrected chi connectivity index (χ0v) is 25.5. The summed E-state index contributed by atoms with van der Waals surface area (Å²) in [6.45, 7) is 16.0. The molecule has 0 saturated carbocycles. The van der Waals surface area contributed by atoms with Crippen LogP contribution in [0.2, 0.25) is 0 Å². The average molecular weight is 599 g/mol. The molecule has 43 heavy (non-hydrogen) atoms. The van der Waals surface area contributed by atoms with Crippen molar-refractivity contribution in [3.05, 3.63) is 102 Å². The van der Waals surface area contributed by atoms with Gasteiger partial charge in [-0.15, -0.1) is 0 Å². The SMILES string of the molecule is C=Cc1c2[nH]c(c1C)C(Cl)=c1[nH]c(c(C)c1C=C)=Cc1[nH]c(c(CCC(=O)O)c1C)C=c1[nH]c(c(C)c1CCC(=O)O)=C2. The molecule has 8 nitrogen and oxygen atoms in total. The second-order valence-electron chi connectivity index (χ2n) is 11.0. The smallest absolute Gasteiger partial charge is 0.303 e. The van der Waals surface area contributed by atoms with Gasteiger partial charge in [0.2, 0.25) is 0 Å². The highest BCUT2D eigenvalue weighted by Crippen LogP contribution is 2.27. The van der Waals surface area contributed by atoms with E-state index >= 15 is 0 Å². The molecule has 0 amide bonds. The second-order valence-corrected chi connectivity index (χ2v) is 11.3. The van der Waals surface area contributed by atoms with Crippen LogP contribution in [0.5, 0.6) is 0 Å². The van der Waals surface area contributed by atoms with E-state index in [0.717, 1.165) is 88.7 Å². The maximum atomic E-state index is 11.6. The van der Waals surface area contributed by atoms with E-state index in [1.54, 1.807) is 12.2 Å². The van der Waals surface area contributed by atoms with Gasteiger partial charge in [0.1, 0.15) is 0 Å². The predicted molar refractivity (Wildman–Crippen MR) is 172 cm³/mol. The Hall–Kier alpha value is -4.69. The largest absolute Gasteiger partial charge is 0.481 e. The third-order valence-electron chi connectivity index (χ3n) is 8.46. The van der Waals surface area contributed by atoms with Crippen molar-refractivity contribution in [3.63, 3.8) is 0 Å². The zero-order chi connectivity index (χ0) is 31.2. The van der Waals surface area contributed by atoms with Gasteiger partial charge in [0.15, 0.2) is 0 Å². The van der Waals surface area contributed by atoms with Crippen LogP contribution in [-0.2, 0) is 22.4 Å². The molecule has 0 atom stereocenters. The number of carbonyl (C=O) groups is 2. The van der Waals surface area contributed by atoms with Crippen LogP contribution in [0.1, 0.15) is 80.1 Å². The molecule has 5 heterocycles. The van der Waals surface area contributed by atoms with Gasteiger partial charge < -0.3 is 30.1 Å². The topological polar surface area (TPSA) is 138 Å². The van der Waals surface area contributed by atoms with Gasteiger partial charge in [-0.1, -0.05) is 36.9 Å². The van der Waals surface area contributed by atoms with Gasteiger partial charge in [0.25, 0.3) is 0 Å². The van der Waals surface area contributed by atoms with Gasteiger partial charge in [-0.2, -0.15) is 0 Å². The quantitative estimate of drug-likeness (QED) is 0.184. The van der Waals surface area contributed by atoms with Crippen LogP contribution in [0.15, 0.2) is 13.2 Å². The van der Waals surface area contributed by atoms with Crippen LogP contribution in [0, 0.1) is 27.7 Å². The van der Waals surface area contributed by atoms with Gasteiger partial charge in [-0.05, 0) is 92.1 Å². The summed E-state index contributed by atoms with van der Waals surface area (Å²) in [6.07, 6.45) is 10.2. The second kappa shape index (κ2) is 11.5. The number of carboxylic acid groups (broad SMARTS) is 2. The third-order valence-corrected chi connectivity index (χ3v) is 8.84. The van der Waals surface area contributed by atoms with E-state index in [4.69, 9.17) is 11.6 Å². The first-order chi connectivity index (χ1) is 20.4. The summed E-state index contributed by atoms with van der Waals surface area (Å²) in [5.74, 6) is -1.76. The Morgan fingerprint density at radius 1 is 0.698 bits per heavy atom. The molecule has 222 valence electrons. The molecule has 0 saturated heterocycles. The number of halogens is 1. The third kappa shape index (κ3) is 5.34. The maximum Gasteiger partial charge on any atom is 0.303 e. The molecular formula is C34H35ClN4O4. The van der Waals surface area contributed by atoms with E-state index in [1.807, 2.05) is 45.9 Å². The van der Waals surface area contributed by atoms with Gasteiger partial charge in [-0.25, -0.2) is 0 Å². The lowest BCUT2D eigenvalue weighted by atomic mass is 10.0. The molecule has 0 fully saturated rings. The molecule has 5 rings (SSSR count). The Morgan fingerprint density at radius 2 is 1.28 bits per heavy atom. The fourth-order valence-electron chi connectivity index (χ4n) is 5.99. The van der Waals surface area contributed by atoms with E-state index in [2.05, 4.69) is 33.1 Å². The Labute approximate surface area is 253 Å². The molecule has 0 aliphatic carbocycles. The van der Waals surface area contributed by atoms with Gasteiger partial charge in [-0.3, -0.25) is 9.59 Å². The molecule has 6 N–H and O–H groups in total. The fraction of sp³-hybridized carbons (Fsp3) is 0.235. The van der Waals surface area contributed by atoms with Crippen molar-refractivity contribution < 1.29 is 19.8 Å². The highest BCUT2D eigenvalue weighted by Gasteiger charge is 2.19. The number of carboxylic acids is 2. The molecule has 0 spiro atoms. The van der Waals surface area contributed by atoms with Crippen molar-refractivity contribution in [1.29, 1.82) is 0 Å². The van der Waals surface area contributed by atoms with Crippen molar-refractivity contribution in [2.24, 2.45) is 0 Å². The number of aromatic amines is 4. The van der Waals surface area contributed by atoms with Crippen molar-refractivity contribution in [2.45, 2.75) is 53.4 Å². The number of rotatable bonds is 8. The zero-order valence-electron chi connectivity index (χ0n) is 24.7. The Balaban J connectivity index is 1.95. The van der Waals surface area contributed by atoms with Crippen molar-refractivity contribution in [1.82, 2.24) is 19.9 Å². The molecule has 1 aliphatic rings. The highest BCUT2D eigenvalue weighted by atomic mass is 35.5. The van der Waals surface area contributed by atoms with Crippen LogP contribution in [0.25, 0.3) is 35.4 Å². The van der Waals surface area contributed by atoms with Crippen molar-refractivity contribution >= 4 is 59.0 Å². The minimum Gasteiger partial charge on any atom is -0.481 e. The Kier molecular flexibility index (Phi) is 7.99. The van der Waals surface area contributed by atoms with Crippen LogP contribution in [0.4, 0.5) is 0 Å². The number of nitrogens with one attached hydrogen (secondary N) is 4. The lowest BCUT2D eigenvalue weighted by Gasteiger charge is -2.01. The summed E-state index contributed by atoms with van der Waals surface area (Å²) in [5.41, 5.74) is 10.5. The number of hydrogen-bond donors (Lipinski definition) is 6. The first-order valence-electron chi connectivity index (χ1n) is 14.1. The first-order valence-corrected chi connectivity index (χ1v) is 14.5. The minimum absolute atomic E-state index is 0.0247. The van der Waals surface area contributed by atoms with Crippen molar-refractivity contribution in [3.8, 4) is 0 Å². The summed E-state index contributed by atoms with van der Waals surface area (Å²) in [7, 11) is 0. The lowest BCUT2D eigenvalue weighted by Crippen LogP contribution is -2.14. The number of fused-ring (bicyclic) bond motifs is 8. The molecule has 4 aromatic rings. The normalized spacial score (nSPS) is 12.3. The molecule has 0 unspecified atom stereocenters. The Morgan fingerprint density at radius 3 is 1.91 bits per heavy atom. The van der Waals surface area contributed by atoms with E-state index in [0.29, 0.717) is 17.9 Å². The number of hydrogen-bond acceptors (Lipinski definition) is 2. The van der Waals surface area contributed by atoms with Crippen LogP contribution in [0.3, 0.4) is 0 Å². The summed E-state index contributed by atoms with van der Waals surface area (Å²) in [5, 5.41) is 22.6. The number of H-pyrrole nitrogens is 4. The summed E-state index contributed by atoms with van der Waals surface area (Å²) in [6, 6.07) is 0. The fourth-order valence-corrected chi connectivity index (χ4v) is 6.33. The van der Waals surface area contributed by atoms with E-state index in [9.17, 15) is 19.8 Å². The van der Waals surface area contributed by atoms with Crippen LogP contribution in [-0.4, -0.2) is 42.1 Å².